The number of phenols is 1. The van der Waals surface area contributed by atoms with Crippen molar-refractivity contribution in [3.05, 3.63) is 53.4 Å². The maximum atomic E-state index is 13.4. The van der Waals surface area contributed by atoms with E-state index in [0.29, 0.717) is 11.8 Å². The van der Waals surface area contributed by atoms with Crippen LogP contribution in [0.2, 0.25) is 0 Å². The fourth-order valence-corrected chi connectivity index (χ4v) is 2.26. The summed E-state index contributed by atoms with van der Waals surface area (Å²) < 4.78 is 65.5. The zero-order valence-corrected chi connectivity index (χ0v) is 9.87. The number of hydrogen-bond acceptors (Lipinski definition) is 2. The van der Waals surface area contributed by atoms with Gasteiger partial charge in [-0.3, -0.25) is 0 Å². The summed E-state index contributed by atoms with van der Waals surface area (Å²) in [6.45, 7) is 0. The van der Waals surface area contributed by atoms with E-state index in [9.17, 15) is 27.1 Å². The van der Waals surface area contributed by atoms with Crippen molar-refractivity contribution < 1.29 is 27.1 Å². The van der Waals surface area contributed by atoms with Gasteiger partial charge in [0.15, 0.2) is 23.3 Å². The minimum absolute atomic E-state index is 0.142. The largest absolute Gasteiger partial charge is 0.508 e. The SMILES string of the molecule is Oc1cccc(Sc2c(F)c(F)c(F)c(F)c2F)c1. The van der Waals surface area contributed by atoms with Crippen molar-refractivity contribution in [3.8, 4) is 5.75 Å². The molecule has 2 aromatic rings. The van der Waals surface area contributed by atoms with Crippen LogP contribution in [0.25, 0.3) is 0 Å². The third-order valence-electron chi connectivity index (χ3n) is 2.21. The van der Waals surface area contributed by atoms with E-state index >= 15 is 0 Å². The first-order valence-corrected chi connectivity index (χ1v) is 5.71. The average molecular weight is 292 g/mol. The summed E-state index contributed by atoms with van der Waals surface area (Å²) in [5.74, 6) is -10.2. The Morgan fingerprint density at radius 2 is 1.32 bits per heavy atom. The Hall–Kier alpha value is -1.76. The second-order valence-corrected chi connectivity index (χ2v) is 4.58. The van der Waals surface area contributed by atoms with E-state index in [1.165, 1.54) is 18.2 Å². The van der Waals surface area contributed by atoms with Crippen LogP contribution < -0.4 is 0 Å². The van der Waals surface area contributed by atoms with E-state index in [2.05, 4.69) is 0 Å². The molecule has 0 heterocycles. The summed E-state index contributed by atoms with van der Waals surface area (Å²) in [4.78, 5) is -0.870. The smallest absolute Gasteiger partial charge is 0.200 e. The van der Waals surface area contributed by atoms with E-state index in [4.69, 9.17) is 0 Å². The van der Waals surface area contributed by atoms with Gasteiger partial charge in [0.2, 0.25) is 5.82 Å². The molecule has 0 unspecified atom stereocenters. The van der Waals surface area contributed by atoms with Gasteiger partial charge in [0.05, 0.1) is 4.90 Å². The topological polar surface area (TPSA) is 20.2 Å². The van der Waals surface area contributed by atoms with Crippen molar-refractivity contribution in [2.75, 3.05) is 0 Å². The molecule has 0 atom stereocenters. The molecule has 0 aromatic heterocycles. The molecule has 1 nitrogen and oxygen atoms in total. The molecule has 0 radical (unpaired) electrons. The average Bonchev–Trinajstić information content (AvgIpc) is 2.39. The lowest BCUT2D eigenvalue weighted by molar-refractivity contribution is 0.361. The summed E-state index contributed by atoms with van der Waals surface area (Å²) in [7, 11) is 0. The van der Waals surface area contributed by atoms with E-state index in [1.54, 1.807) is 0 Å². The highest BCUT2D eigenvalue weighted by atomic mass is 32.2. The minimum atomic E-state index is -2.20. The molecule has 7 heteroatoms. The van der Waals surface area contributed by atoms with Crippen molar-refractivity contribution in [2.45, 2.75) is 9.79 Å². The molecule has 0 saturated heterocycles. The Kier molecular flexibility index (Phi) is 3.66. The van der Waals surface area contributed by atoms with Crippen molar-refractivity contribution in [2.24, 2.45) is 0 Å². The summed E-state index contributed by atoms with van der Waals surface area (Å²) in [6, 6.07) is 5.19. The Labute approximate surface area is 108 Å². The van der Waals surface area contributed by atoms with E-state index < -0.39 is 34.0 Å². The van der Waals surface area contributed by atoms with Crippen molar-refractivity contribution in [3.63, 3.8) is 0 Å². The molecule has 0 aliphatic heterocycles. The third-order valence-corrected chi connectivity index (χ3v) is 3.26. The second kappa shape index (κ2) is 5.08. The lowest BCUT2D eigenvalue weighted by Crippen LogP contribution is -2.03. The van der Waals surface area contributed by atoms with Gasteiger partial charge in [0.25, 0.3) is 0 Å². The van der Waals surface area contributed by atoms with Gasteiger partial charge in [0.1, 0.15) is 5.75 Å². The predicted octanol–water partition coefficient (Wildman–Crippen LogP) is 4.24. The normalized spacial score (nSPS) is 10.8. The summed E-state index contributed by atoms with van der Waals surface area (Å²) >= 11 is 0.335. The highest BCUT2D eigenvalue weighted by Crippen LogP contribution is 2.36. The minimum Gasteiger partial charge on any atom is -0.508 e. The zero-order chi connectivity index (χ0) is 14.2. The van der Waals surface area contributed by atoms with Crippen LogP contribution in [0.1, 0.15) is 0 Å². The number of rotatable bonds is 2. The molecule has 2 rings (SSSR count). The Morgan fingerprint density at radius 1 is 0.789 bits per heavy atom. The van der Waals surface area contributed by atoms with Gasteiger partial charge in [-0.2, -0.15) is 0 Å². The van der Waals surface area contributed by atoms with E-state index in [0.717, 1.165) is 6.07 Å². The van der Waals surface area contributed by atoms with Crippen LogP contribution in [0.5, 0.6) is 5.75 Å². The highest BCUT2D eigenvalue weighted by Gasteiger charge is 2.26. The molecule has 100 valence electrons. The third kappa shape index (κ3) is 2.51. The van der Waals surface area contributed by atoms with Crippen molar-refractivity contribution >= 4 is 11.8 Å². The van der Waals surface area contributed by atoms with Crippen LogP contribution in [0, 0.1) is 29.1 Å². The van der Waals surface area contributed by atoms with Gasteiger partial charge in [-0.15, -0.1) is 0 Å². The highest BCUT2D eigenvalue weighted by molar-refractivity contribution is 7.99. The van der Waals surface area contributed by atoms with Gasteiger partial charge in [-0.05, 0) is 18.2 Å². The molecule has 0 saturated carbocycles. The molecule has 2 aromatic carbocycles. The summed E-state index contributed by atoms with van der Waals surface area (Å²) in [5, 5.41) is 9.17. The number of benzene rings is 2. The summed E-state index contributed by atoms with van der Waals surface area (Å²) in [5.41, 5.74) is 0. The van der Waals surface area contributed by atoms with Crippen LogP contribution in [0.15, 0.2) is 34.1 Å². The van der Waals surface area contributed by atoms with E-state index in [-0.39, 0.29) is 10.6 Å². The van der Waals surface area contributed by atoms with Crippen molar-refractivity contribution in [1.82, 2.24) is 0 Å². The molecule has 0 spiro atoms. The zero-order valence-electron chi connectivity index (χ0n) is 9.05. The van der Waals surface area contributed by atoms with Gasteiger partial charge >= 0.3 is 0 Å². The lowest BCUT2D eigenvalue weighted by Gasteiger charge is -2.07. The number of phenolic OH excluding ortho intramolecular Hbond substituents is 1. The van der Waals surface area contributed by atoms with Crippen LogP contribution in [-0.2, 0) is 0 Å². The quantitative estimate of drug-likeness (QED) is 0.507. The Bertz CT molecular complexity index is 615. The second-order valence-electron chi connectivity index (χ2n) is 3.50. The molecular weight excluding hydrogens is 287 g/mol. The van der Waals surface area contributed by atoms with Crippen LogP contribution in [0.3, 0.4) is 0 Å². The van der Waals surface area contributed by atoms with E-state index in [1.807, 2.05) is 0 Å². The molecular formula is C12H5F5OS. The van der Waals surface area contributed by atoms with Crippen LogP contribution in [-0.4, -0.2) is 5.11 Å². The predicted molar refractivity (Wildman–Crippen MR) is 58.5 cm³/mol. The first-order valence-electron chi connectivity index (χ1n) is 4.90. The van der Waals surface area contributed by atoms with Crippen molar-refractivity contribution in [1.29, 1.82) is 0 Å². The van der Waals surface area contributed by atoms with Gasteiger partial charge in [-0.1, -0.05) is 17.8 Å². The first-order chi connectivity index (χ1) is 8.91. The fraction of sp³-hybridized carbons (Fsp3) is 0. The fourth-order valence-electron chi connectivity index (χ4n) is 1.34. The molecule has 19 heavy (non-hydrogen) atoms. The van der Waals surface area contributed by atoms with Gasteiger partial charge < -0.3 is 5.11 Å². The molecule has 0 fully saturated rings. The standard InChI is InChI=1S/C12H5F5OS/c13-7-8(14)10(16)12(11(17)9(7)15)19-6-3-1-2-5(18)4-6/h1-4,18H. The van der Waals surface area contributed by atoms with Gasteiger partial charge in [-0.25, -0.2) is 22.0 Å². The maximum absolute atomic E-state index is 13.4. The monoisotopic (exact) mass is 292 g/mol. The number of halogens is 5. The molecule has 0 aliphatic carbocycles. The summed E-state index contributed by atoms with van der Waals surface area (Å²) in [6.07, 6.45) is 0. The molecule has 0 aliphatic rings. The molecule has 0 amide bonds. The van der Waals surface area contributed by atoms with Gasteiger partial charge in [0, 0.05) is 4.90 Å². The van der Waals surface area contributed by atoms with Crippen LogP contribution in [0.4, 0.5) is 22.0 Å². The maximum Gasteiger partial charge on any atom is 0.200 e. The lowest BCUT2D eigenvalue weighted by atomic mass is 10.3. The molecule has 0 bridgehead atoms. The van der Waals surface area contributed by atoms with Crippen LogP contribution >= 0.6 is 11.8 Å². The molecule has 1 N–H and O–H groups in total. The Balaban J connectivity index is 2.52. The number of aromatic hydroxyl groups is 1. The Morgan fingerprint density at radius 3 is 1.84 bits per heavy atom. The number of hydrogen-bond donors (Lipinski definition) is 1. The first kappa shape index (κ1) is 13.7.